The van der Waals surface area contributed by atoms with Crippen LogP contribution in [-0.2, 0) is 6.42 Å². The van der Waals surface area contributed by atoms with Gasteiger partial charge in [-0.25, -0.2) is 4.98 Å². The number of benzene rings is 2. The number of aromatic nitrogens is 2. The number of carbonyl (C=O) groups excluding carboxylic acids is 1. The number of anilines is 2. The predicted molar refractivity (Wildman–Crippen MR) is 157 cm³/mol. The van der Waals surface area contributed by atoms with Crippen molar-refractivity contribution in [3.05, 3.63) is 77.0 Å². The van der Waals surface area contributed by atoms with Crippen molar-refractivity contribution < 1.29 is 9.90 Å². The first-order chi connectivity index (χ1) is 19.0. The van der Waals surface area contributed by atoms with Crippen molar-refractivity contribution in [3.8, 4) is 5.75 Å². The van der Waals surface area contributed by atoms with Gasteiger partial charge in [-0.15, -0.1) is 0 Å². The smallest absolute Gasteiger partial charge is 0.224 e. The molecule has 2 aliphatic heterocycles. The first-order valence-electron chi connectivity index (χ1n) is 14.5. The predicted octanol–water partition coefficient (Wildman–Crippen LogP) is 5.62. The second-order valence-electron chi connectivity index (χ2n) is 11.0. The molecule has 0 spiro atoms. The summed E-state index contributed by atoms with van der Waals surface area (Å²) in [6.07, 6.45) is 7.32. The van der Waals surface area contributed by atoms with Gasteiger partial charge in [-0.3, -0.25) is 4.79 Å². The third-order valence-corrected chi connectivity index (χ3v) is 8.37. The molecular formula is C32H41N5O2. The molecule has 1 aromatic heterocycles. The number of aromatic hydroxyl groups is 1. The molecular weight excluding hydrogens is 486 g/mol. The van der Waals surface area contributed by atoms with Crippen LogP contribution in [0.2, 0.25) is 0 Å². The summed E-state index contributed by atoms with van der Waals surface area (Å²) >= 11 is 0. The van der Waals surface area contributed by atoms with E-state index in [1.165, 1.54) is 16.7 Å². The first-order valence-corrected chi connectivity index (χ1v) is 14.5. The molecule has 7 heteroatoms. The number of Topliss-reactive ketones (excluding diaryl/α,β-unsaturated/α-hetero) is 1. The van der Waals surface area contributed by atoms with Crippen molar-refractivity contribution in [1.29, 1.82) is 0 Å². The van der Waals surface area contributed by atoms with Gasteiger partial charge in [0.2, 0.25) is 5.95 Å². The second kappa shape index (κ2) is 12.6. The van der Waals surface area contributed by atoms with E-state index >= 15 is 0 Å². The van der Waals surface area contributed by atoms with Crippen LogP contribution in [-0.4, -0.2) is 65.5 Å². The summed E-state index contributed by atoms with van der Waals surface area (Å²) in [6, 6.07) is 16.8. The lowest BCUT2D eigenvalue weighted by Gasteiger charge is -2.32. The van der Waals surface area contributed by atoms with Crippen LogP contribution in [0, 0.1) is 0 Å². The molecule has 2 N–H and O–H groups in total. The summed E-state index contributed by atoms with van der Waals surface area (Å²) in [5, 5.41) is 13.0. The van der Waals surface area contributed by atoms with Crippen molar-refractivity contribution in [1.82, 2.24) is 14.9 Å². The van der Waals surface area contributed by atoms with Gasteiger partial charge in [-0.2, -0.15) is 4.98 Å². The van der Waals surface area contributed by atoms with Crippen LogP contribution >= 0.6 is 0 Å². The minimum absolute atomic E-state index is 0.122. The van der Waals surface area contributed by atoms with Gasteiger partial charge in [0.15, 0.2) is 5.78 Å². The topological polar surface area (TPSA) is 81.6 Å². The summed E-state index contributed by atoms with van der Waals surface area (Å²) in [5.41, 5.74) is 4.59. The maximum absolute atomic E-state index is 13.1. The van der Waals surface area contributed by atoms with E-state index in [2.05, 4.69) is 55.4 Å². The average Bonchev–Trinajstić information content (AvgIpc) is 3.01. The summed E-state index contributed by atoms with van der Waals surface area (Å²) in [6.45, 7) is 6.84. The van der Waals surface area contributed by atoms with Gasteiger partial charge in [-0.05, 0) is 92.8 Å². The zero-order valence-corrected chi connectivity index (χ0v) is 23.3. The maximum Gasteiger partial charge on any atom is 0.224 e. The molecule has 0 amide bonds. The van der Waals surface area contributed by atoms with E-state index in [0.29, 0.717) is 35.5 Å². The third kappa shape index (κ3) is 6.77. The molecule has 3 heterocycles. The standard InChI is InChI=1S/C32H41N5O2/c1-3-33-32-34-22-29-30(39)11-10-24(13-16-36(2)31(29)35-32)26-7-4-6-23(20-26)12-17-37-18-14-25(15-19-37)27-8-5-9-28(38)21-27/h4-9,20-22,24-25,38H,3,10-19H2,1-2H3,(H,33,34,35). The van der Waals surface area contributed by atoms with Crippen LogP contribution in [0.25, 0.3) is 0 Å². The van der Waals surface area contributed by atoms with Crippen molar-refractivity contribution in [2.75, 3.05) is 50.0 Å². The van der Waals surface area contributed by atoms with E-state index in [0.717, 1.165) is 70.6 Å². The number of rotatable bonds is 7. The number of phenols is 1. The maximum atomic E-state index is 13.1. The number of fused-ring (bicyclic) bond motifs is 1. The normalized spacial score (nSPS) is 19.2. The Labute approximate surface area is 232 Å². The van der Waals surface area contributed by atoms with Crippen molar-refractivity contribution in [2.45, 2.75) is 57.3 Å². The SMILES string of the molecule is CCNc1ncc2c(n1)N(C)CCC(c1cccc(CCN3CCC(c4cccc(O)c4)CC3)c1)CCC2=O. The molecule has 5 rings (SSSR count). The molecule has 2 aliphatic rings. The fourth-order valence-electron chi connectivity index (χ4n) is 6.04. The number of hydrogen-bond donors (Lipinski definition) is 2. The van der Waals surface area contributed by atoms with E-state index in [-0.39, 0.29) is 5.78 Å². The number of hydrogen-bond acceptors (Lipinski definition) is 7. The highest BCUT2D eigenvalue weighted by molar-refractivity contribution is 6.00. The fraction of sp³-hybridized carbons (Fsp3) is 0.469. The first kappa shape index (κ1) is 27.1. The lowest BCUT2D eigenvalue weighted by Crippen LogP contribution is -2.34. The van der Waals surface area contributed by atoms with Crippen LogP contribution in [0.4, 0.5) is 11.8 Å². The zero-order chi connectivity index (χ0) is 27.2. The summed E-state index contributed by atoms with van der Waals surface area (Å²) in [4.78, 5) is 26.8. The van der Waals surface area contributed by atoms with Crippen LogP contribution in [0.1, 0.15) is 77.9 Å². The second-order valence-corrected chi connectivity index (χ2v) is 11.0. The van der Waals surface area contributed by atoms with Gasteiger partial charge in [0, 0.05) is 39.3 Å². The fourth-order valence-corrected chi connectivity index (χ4v) is 6.04. The summed E-state index contributed by atoms with van der Waals surface area (Å²) in [5.74, 6) is 2.66. The minimum Gasteiger partial charge on any atom is -0.508 e. The number of carbonyl (C=O) groups is 1. The number of phenolic OH excluding ortho intramolecular Hbond substituents is 1. The number of nitrogens with one attached hydrogen (secondary N) is 1. The summed E-state index contributed by atoms with van der Waals surface area (Å²) < 4.78 is 0. The Hall–Kier alpha value is -3.45. The highest BCUT2D eigenvalue weighted by Crippen LogP contribution is 2.32. The van der Waals surface area contributed by atoms with Gasteiger partial charge >= 0.3 is 0 Å². The van der Waals surface area contributed by atoms with E-state index in [1.807, 2.05) is 26.1 Å². The van der Waals surface area contributed by atoms with Crippen molar-refractivity contribution in [3.63, 3.8) is 0 Å². The number of piperidine rings is 1. The molecule has 0 bridgehead atoms. The van der Waals surface area contributed by atoms with E-state index in [1.54, 1.807) is 12.3 Å². The largest absolute Gasteiger partial charge is 0.508 e. The Morgan fingerprint density at radius 3 is 2.46 bits per heavy atom. The molecule has 1 fully saturated rings. The summed E-state index contributed by atoms with van der Waals surface area (Å²) in [7, 11) is 2.03. The monoisotopic (exact) mass is 527 g/mol. The van der Waals surface area contributed by atoms with Crippen molar-refractivity contribution >= 4 is 17.5 Å². The Bertz CT molecular complexity index is 1270. The third-order valence-electron chi connectivity index (χ3n) is 8.37. The van der Waals surface area contributed by atoms with Gasteiger partial charge in [0.25, 0.3) is 0 Å². The Kier molecular flexibility index (Phi) is 8.77. The van der Waals surface area contributed by atoms with E-state index in [9.17, 15) is 9.90 Å². The lowest BCUT2D eigenvalue weighted by atomic mass is 9.88. The molecule has 2 aromatic carbocycles. The van der Waals surface area contributed by atoms with Gasteiger partial charge in [0.05, 0.1) is 5.56 Å². The molecule has 39 heavy (non-hydrogen) atoms. The van der Waals surface area contributed by atoms with Gasteiger partial charge in [0.1, 0.15) is 11.6 Å². The molecule has 7 nitrogen and oxygen atoms in total. The minimum atomic E-state index is 0.122. The molecule has 1 saturated heterocycles. The highest BCUT2D eigenvalue weighted by Gasteiger charge is 2.24. The van der Waals surface area contributed by atoms with Crippen LogP contribution in [0.5, 0.6) is 5.75 Å². The molecule has 0 radical (unpaired) electrons. The molecule has 206 valence electrons. The molecule has 0 aliphatic carbocycles. The quantitative estimate of drug-likeness (QED) is 0.413. The highest BCUT2D eigenvalue weighted by atomic mass is 16.3. The number of likely N-dealkylation sites (tertiary alicyclic amines) is 1. The average molecular weight is 528 g/mol. The van der Waals surface area contributed by atoms with Gasteiger partial charge < -0.3 is 20.2 Å². The van der Waals surface area contributed by atoms with Crippen LogP contribution in [0.3, 0.4) is 0 Å². The van der Waals surface area contributed by atoms with Gasteiger partial charge in [-0.1, -0.05) is 36.4 Å². The molecule has 0 saturated carbocycles. The van der Waals surface area contributed by atoms with Crippen molar-refractivity contribution in [2.24, 2.45) is 0 Å². The van der Waals surface area contributed by atoms with Crippen LogP contribution in [0.15, 0.2) is 54.7 Å². The Balaban J connectivity index is 1.19. The lowest BCUT2D eigenvalue weighted by molar-refractivity contribution is 0.0978. The Morgan fingerprint density at radius 1 is 0.974 bits per heavy atom. The molecule has 1 atom stereocenters. The Morgan fingerprint density at radius 2 is 1.69 bits per heavy atom. The molecule has 3 aromatic rings. The van der Waals surface area contributed by atoms with Crippen LogP contribution < -0.4 is 10.2 Å². The van der Waals surface area contributed by atoms with E-state index in [4.69, 9.17) is 0 Å². The molecule has 1 unspecified atom stereocenters. The van der Waals surface area contributed by atoms with E-state index < -0.39 is 0 Å². The zero-order valence-electron chi connectivity index (χ0n) is 23.3. The number of ketones is 1. The number of nitrogens with zero attached hydrogens (tertiary/aromatic N) is 4.